The first-order valence-electron chi connectivity index (χ1n) is 8.53. The number of benzene rings is 1. The molecule has 3 heteroatoms. The molecule has 0 amide bonds. The van der Waals surface area contributed by atoms with Crippen molar-refractivity contribution in [3.63, 3.8) is 0 Å². The number of para-hydroxylation sites is 2. The summed E-state index contributed by atoms with van der Waals surface area (Å²) >= 11 is 0. The zero-order valence-electron chi connectivity index (χ0n) is 12.9. The van der Waals surface area contributed by atoms with Gasteiger partial charge in [-0.3, -0.25) is 0 Å². The van der Waals surface area contributed by atoms with Crippen molar-refractivity contribution in [1.29, 1.82) is 0 Å². The van der Waals surface area contributed by atoms with Crippen LogP contribution < -0.4 is 5.32 Å². The lowest BCUT2D eigenvalue weighted by Crippen LogP contribution is -2.38. The third-order valence-electron chi connectivity index (χ3n) is 5.22. The van der Waals surface area contributed by atoms with Crippen molar-refractivity contribution in [2.24, 2.45) is 5.92 Å². The number of fused-ring (bicyclic) bond motifs is 3. The van der Waals surface area contributed by atoms with Gasteiger partial charge in [-0.2, -0.15) is 0 Å². The summed E-state index contributed by atoms with van der Waals surface area (Å²) in [6.07, 6.45) is 7.77. The standard InChI is InChI=1S/C18H25N3/c1-2-9-21-17-6-4-3-5-16(17)20-18(21)12-13-10-14-7-8-15(11-13)19-14/h3-6,13-15,19H,2,7-12H2,1H3. The molecule has 2 atom stereocenters. The Morgan fingerprint density at radius 1 is 1.19 bits per heavy atom. The van der Waals surface area contributed by atoms with Gasteiger partial charge >= 0.3 is 0 Å². The molecule has 2 aliphatic rings. The van der Waals surface area contributed by atoms with Gasteiger partial charge in [0.2, 0.25) is 0 Å². The molecular weight excluding hydrogens is 258 g/mol. The molecule has 2 saturated heterocycles. The number of nitrogens with zero attached hydrogens (tertiary/aromatic N) is 2. The molecule has 2 aliphatic heterocycles. The summed E-state index contributed by atoms with van der Waals surface area (Å²) in [4.78, 5) is 4.94. The molecule has 2 unspecified atom stereocenters. The molecule has 2 aromatic rings. The lowest BCUT2D eigenvalue weighted by molar-refractivity contribution is 0.293. The minimum Gasteiger partial charge on any atom is -0.328 e. The van der Waals surface area contributed by atoms with E-state index >= 15 is 0 Å². The second-order valence-electron chi connectivity index (χ2n) is 6.85. The quantitative estimate of drug-likeness (QED) is 0.930. The van der Waals surface area contributed by atoms with Gasteiger partial charge in [0.1, 0.15) is 5.82 Å². The third-order valence-corrected chi connectivity index (χ3v) is 5.22. The van der Waals surface area contributed by atoms with Gasteiger partial charge in [-0.15, -0.1) is 0 Å². The van der Waals surface area contributed by atoms with Crippen LogP contribution in [0.2, 0.25) is 0 Å². The highest BCUT2D eigenvalue weighted by atomic mass is 15.1. The minimum absolute atomic E-state index is 0.776. The number of aromatic nitrogens is 2. The van der Waals surface area contributed by atoms with Crippen LogP contribution in [0.1, 0.15) is 44.9 Å². The Morgan fingerprint density at radius 3 is 2.71 bits per heavy atom. The first-order valence-corrected chi connectivity index (χ1v) is 8.53. The van der Waals surface area contributed by atoms with Gasteiger partial charge in [0.05, 0.1) is 11.0 Å². The van der Waals surface area contributed by atoms with E-state index in [9.17, 15) is 0 Å². The maximum absolute atomic E-state index is 4.94. The van der Waals surface area contributed by atoms with Crippen LogP contribution in [0.4, 0.5) is 0 Å². The fourth-order valence-corrected chi connectivity index (χ4v) is 4.35. The summed E-state index contributed by atoms with van der Waals surface area (Å²) in [5, 5.41) is 3.75. The zero-order valence-corrected chi connectivity index (χ0v) is 12.9. The van der Waals surface area contributed by atoms with E-state index < -0.39 is 0 Å². The van der Waals surface area contributed by atoms with Crippen LogP contribution in [0, 0.1) is 5.92 Å². The van der Waals surface area contributed by atoms with Crippen molar-refractivity contribution in [2.45, 2.75) is 64.1 Å². The fraction of sp³-hybridized carbons (Fsp3) is 0.611. The van der Waals surface area contributed by atoms with Gasteiger partial charge in [0, 0.05) is 25.0 Å². The molecule has 112 valence electrons. The highest BCUT2D eigenvalue weighted by Gasteiger charge is 2.34. The van der Waals surface area contributed by atoms with Crippen LogP contribution >= 0.6 is 0 Å². The van der Waals surface area contributed by atoms with E-state index in [2.05, 4.69) is 41.1 Å². The predicted octanol–water partition coefficient (Wildman–Crippen LogP) is 3.52. The molecule has 0 radical (unpaired) electrons. The van der Waals surface area contributed by atoms with Gasteiger partial charge < -0.3 is 9.88 Å². The Balaban J connectivity index is 1.61. The Kier molecular flexibility index (Phi) is 3.46. The fourth-order valence-electron chi connectivity index (χ4n) is 4.35. The lowest BCUT2D eigenvalue weighted by Gasteiger charge is -2.29. The second kappa shape index (κ2) is 5.45. The summed E-state index contributed by atoms with van der Waals surface area (Å²) in [7, 11) is 0. The van der Waals surface area contributed by atoms with Crippen molar-refractivity contribution >= 4 is 11.0 Å². The molecule has 3 nitrogen and oxygen atoms in total. The van der Waals surface area contributed by atoms with Gasteiger partial charge in [0.15, 0.2) is 0 Å². The van der Waals surface area contributed by atoms with Crippen LogP contribution in [0.3, 0.4) is 0 Å². The van der Waals surface area contributed by atoms with E-state index in [1.807, 2.05) is 0 Å². The van der Waals surface area contributed by atoms with E-state index in [-0.39, 0.29) is 0 Å². The Labute approximate surface area is 126 Å². The SMILES string of the molecule is CCCn1c(CC2CC3CCC(C2)N3)nc2ccccc21. The number of nitrogens with one attached hydrogen (secondary N) is 1. The largest absolute Gasteiger partial charge is 0.328 e. The number of hydrogen-bond acceptors (Lipinski definition) is 2. The maximum Gasteiger partial charge on any atom is 0.110 e. The molecule has 4 rings (SSSR count). The molecule has 21 heavy (non-hydrogen) atoms. The van der Waals surface area contributed by atoms with Crippen molar-refractivity contribution < 1.29 is 0 Å². The summed E-state index contributed by atoms with van der Waals surface area (Å²) < 4.78 is 2.46. The second-order valence-corrected chi connectivity index (χ2v) is 6.85. The summed E-state index contributed by atoms with van der Waals surface area (Å²) in [6, 6.07) is 10.1. The molecule has 2 bridgehead atoms. The van der Waals surface area contributed by atoms with E-state index in [4.69, 9.17) is 4.98 Å². The molecule has 2 fully saturated rings. The summed E-state index contributed by atoms with van der Waals surface area (Å²) in [5.41, 5.74) is 2.48. The number of imidazole rings is 1. The van der Waals surface area contributed by atoms with E-state index in [1.54, 1.807) is 0 Å². The Morgan fingerprint density at radius 2 is 1.95 bits per heavy atom. The van der Waals surface area contributed by atoms with Gasteiger partial charge in [-0.25, -0.2) is 4.98 Å². The monoisotopic (exact) mass is 283 g/mol. The number of piperidine rings is 1. The van der Waals surface area contributed by atoms with E-state index in [1.165, 1.54) is 43.4 Å². The highest BCUT2D eigenvalue weighted by molar-refractivity contribution is 5.75. The zero-order chi connectivity index (χ0) is 14.2. The summed E-state index contributed by atoms with van der Waals surface area (Å²) in [6.45, 7) is 3.34. The van der Waals surface area contributed by atoms with Crippen LogP contribution in [0.15, 0.2) is 24.3 Å². The predicted molar refractivity (Wildman–Crippen MR) is 86.4 cm³/mol. The molecular formula is C18H25N3. The van der Waals surface area contributed by atoms with E-state index in [0.717, 1.165) is 36.5 Å². The van der Waals surface area contributed by atoms with Crippen molar-refractivity contribution in [1.82, 2.24) is 14.9 Å². The van der Waals surface area contributed by atoms with Crippen molar-refractivity contribution in [3.05, 3.63) is 30.1 Å². The van der Waals surface area contributed by atoms with Gasteiger partial charge in [-0.1, -0.05) is 19.1 Å². The molecule has 1 N–H and O–H groups in total. The highest BCUT2D eigenvalue weighted by Crippen LogP contribution is 2.33. The van der Waals surface area contributed by atoms with Crippen LogP contribution in [0.5, 0.6) is 0 Å². The maximum atomic E-state index is 4.94. The first-order chi connectivity index (χ1) is 10.3. The minimum atomic E-state index is 0.776. The van der Waals surface area contributed by atoms with Crippen LogP contribution in [0.25, 0.3) is 11.0 Å². The number of hydrogen-bond donors (Lipinski definition) is 1. The van der Waals surface area contributed by atoms with E-state index in [0.29, 0.717) is 0 Å². The summed E-state index contributed by atoms with van der Waals surface area (Å²) in [5.74, 6) is 2.13. The molecule has 0 aliphatic carbocycles. The number of rotatable bonds is 4. The molecule has 1 aromatic carbocycles. The number of aryl methyl sites for hydroxylation is 1. The van der Waals surface area contributed by atoms with Gasteiger partial charge in [0.25, 0.3) is 0 Å². The normalized spacial score (nSPS) is 28.3. The lowest BCUT2D eigenvalue weighted by atomic mass is 9.89. The Bertz CT molecular complexity index is 618. The average molecular weight is 283 g/mol. The molecule has 0 spiro atoms. The molecule has 3 heterocycles. The van der Waals surface area contributed by atoms with Crippen LogP contribution in [-0.2, 0) is 13.0 Å². The van der Waals surface area contributed by atoms with Crippen molar-refractivity contribution in [3.8, 4) is 0 Å². The smallest absolute Gasteiger partial charge is 0.110 e. The van der Waals surface area contributed by atoms with Gasteiger partial charge in [-0.05, 0) is 50.2 Å². The Hall–Kier alpha value is -1.35. The first kappa shape index (κ1) is 13.3. The molecule has 0 saturated carbocycles. The van der Waals surface area contributed by atoms with Crippen molar-refractivity contribution in [2.75, 3.05) is 0 Å². The third kappa shape index (κ3) is 2.48. The van der Waals surface area contributed by atoms with Crippen LogP contribution in [-0.4, -0.2) is 21.6 Å². The molecule has 1 aromatic heterocycles. The topological polar surface area (TPSA) is 29.9 Å². The average Bonchev–Trinajstić information content (AvgIpc) is 3.00.